The van der Waals surface area contributed by atoms with Gasteiger partial charge in [-0.15, -0.1) is 0 Å². The van der Waals surface area contributed by atoms with E-state index in [9.17, 15) is 14.4 Å². The van der Waals surface area contributed by atoms with E-state index >= 15 is 0 Å². The molecule has 0 unspecified atom stereocenters. The zero-order valence-electron chi connectivity index (χ0n) is 14.7. The Bertz CT molecular complexity index is 1060. The minimum atomic E-state index is -1.07. The monoisotopic (exact) mass is 367 g/mol. The Morgan fingerprint density at radius 2 is 1.85 bits per heavy atom. The Balaban J connectivity index is 1.75. The van der Waals surface area contributed by atoms with Gasteiger partial charge in [-0.1, -0.05) is 24.3 Å². The summed E-state index contributed by atoms with van der Waals surface area (Å²) < 4.78 is 10.3. The predicted octanol–water partition coefficient (Wildman–Crippen LogP) is 2.12. The molecular weight excluding hydrogens is 350 g/mol. The molecule has 0 aliphatic rings. The van der Waals surface area contributed by atoms with E-state index in [-0.39, 0.29) is 5.69 Å². The lowest BCUT2D eigenvalue weighted by Crippen LogP contribution is -2.30. The maximum atomic E-state index is 12.4. The van der Waals surface area contributed by atoms with Crippen molar-refractivity contribution in [2.24, 2.45) is 0 Å². The average molecular weight is 367 g/mol. The zero-order valence-corrected chi connectivity index (χ0v) is 14.7. The first-order valence-electron chi connectivity index (χ1n) is 8.13. The molecule has 0 aliphatic carbocycles. The topological polar surface area (TPSA) is 110 Å². The molecule has 1 amide bonds. The molecule has 3 rings (SSSR count). The number of carbonyl (C=O) groups excluding carboxylic acids is 2. The first kappa shape index (κ1) is 18.1. The van der Waals surface area contributed by atoms with Crippen molar-refractivity contribution in [3.8, 4) is 5.75 Å². The number of methoxy groups -OCH3 is 1. The number of nitrogens with one attached hydrogen (secondary N) is 2. The van der Waals surface area contributed by atoms with Crippen LogP contribution in [0.15, 0.2) is 53.3 Å². The number of carbonyl (C=O) groups is 2. The van der Waals surface area contributed by atoms with Crippen LogP contribution in [-0.4, -0.2) is 35.3 Å². The normalized spacial score (nSPS) is 11.6. The number of fused-ring (bicyclic) bond motifs is 1. The zero-order chi connectivity index (χ0) is 19.4. The lowest BCUT2D eigenvalue weighted by molar-refractivity contribution is -0.123. The maximum Gasteiger partial charge on any atom is 0.360 e. The van der Waals surface area contributed by atoms with Crippen molar-refractivity contribution in [3.05, 3.63) is 64.6 Å². The van der Waals surface area contributed by atoms with E-state index in [4.69, 9.17) is 9.47 Å². The van der Waals surface area contributed by atoms with Crippen LogP contribution in [0.25, 0.3) is 10.8 Å². The smallest absolute Gasteiger partial charge is 0.360 e. The number of benzene rings is 2. The summed E-state index contributed by atoms with van der Waals surface area (Å²) >= 11 is 0. The van der Waals surface area contributed by atoms with Gasteiger partial charge in [0.15, 0.2) is 11.8 Å². The number of anilines is 1. The molecule has 27 heavy (non-hydrogen) atoms. The number of nitrogens with zero attached hydrogens (tertiary/aromatic N) is 1. The van der Waals surface area contributed by atoms with E-state index in [2.05, 4.69) is 15.5 Å². The number of ether oxygens (including phenoxy) is 2. The van der Waals surface area contributed by atoms with E-state index in [1.807, 2.05) is 0 Å². The minimum Gasteiger partial charge on any atom is -0.497 e. The molecule has 1 heterocycles. The Morgan fingerprint density at radius 3 is 2.59 bits per heavy atom. The van der Waals surface area contributed by atoms with Crippen molar-refractivity contribution in [1.82, 2.24) is 10.2 Å². The van der Waals surface area contributed by atoms with Crippen LogP contribution in [0.3, 0.4) is 0 Å². The summed E-state index contributed by atoms with van der Waals surface area (Å²) in [7, 11) is 1.52. The van der Waals surface area contributed by atoms with Crippen molar-refractivity contribution < 1.29 is 19.1 Å². The first-order valence-corrected chi connectivity index (χ1v) is 8.13. The summed E-state index contributed by atoms with van der Waals surface area (Å²) in [4.78, 5) is 36.5. The minimum absolute atomic E-state index is 0.0637. The molecule has 1 atom stereocenters. The highest BCUT2D eigenvalue weighted by Gasteiger charge is 2.22. The number of aromatic nitrogens is 2. The van der Waals surface area contributed by atoms with E-state index in [0.29, 0.717) is 22.2 Å². The van der Waals surface area contributed by atoms with E-state index in [1.54, 1.807) is 48.5 Å². The van der Waals surface area contributed by atoms with E-state index in [1.165, 1.54) is 14.0 Å². The van der Waals surface area contributed by atoms with Gasteiger partial charge in [0.05, 0.1) is 12.5 Å². The van der Waals surface area contributed by atoms with Crippen LogP contribution in [-0.2, 0) is 9.53 Å². The molecule has 1 aromatic heterocycles. The first-order chi connectivity index (χ1) is 13.0. The molecular formula is C19H17N3O5. The summed E-state index contributed by atoms with van der Waals surface area (Å²) in [6.45, 7) is 1.45. The predicted molar refractivity (Wildman–Crippen MR) is 98.9 cm³/mol. The van der Waals surface area contributed by atoms with Gasteiger partial charge in [-0.25, -0.2) is 9.89 Å². The summed E-state index contributed by atoms with van der Waals surface area (Å²) in [5.74, 6) is -0.734. The number of H-pyrrole nitrogens is 1. The highest BCUT2D eigenvalue weighted by atomic mass is 16.5. The van der Waals surface area contributed by atoms with Gasteiger partial charge in [0.1, 0.15) is 5.75 Å². The van der Waals surface area contributed by atoms with Crippen LogP contribution in [0.2, 0.25) is 0 Å². The third-order valence-electron chi connectivity index (χ3n) is 3.88. The van der Waals surface area contributed by atoms with Gasteiger partial charge in [0.2, 0.25) is 0 Å². The molecule has 2 aromatic carbocycles. The van der Waals surface area contributed by atoms with Crippen molar-refractivity contribution in [2.45, 2.75) is 13.0 Å². The second-order valence-corrected chi connectivity index (χ2v) is 5.72. The summed E-state index contributed by atoms with van der Waals surface area (Å²) in [6, 6.07) is 13.3. The van der Waals surface area contributed by atoms with Crippen molar-refractivity contribution in [2.75, 3.05) is 12.4 Å². The second-order valence-electron chi connectivity index (χ2n) is 5.72. The van der Waals surface area contributed by atoms with Crippen molar-refractivity contribution >= 4 is 28.3 Å². The number of aromatic amines is 1. The Kier molecular flexibility index (Phi) is 5.16. The van der Waals surface area contributed by atoms with Crippen LogP contribution in [0.5, 0.6) is 5.75 Å². The van der Waals surface area contributed by atoms with Crippen molar-refractivity contribution in [3.63, 3.8) is 0 Å². The number of hydrogen-bond donors (Lipinski definition) is 2. The van der Waals surface area contributed by atoms with Gasteiger partial charge in [-0.3, -0.25) is 9.59 Å². The van der Waals surface area contributed by atoms with Crippen molar-refractivity contribution in [1.29, 1.82) is 0 Å². The third kappa shape index (κ3) is 3.95. The number of rotatable bonds is 5. The van der Waals surface area contributed by atoms with Gasteiger partial charge in [0, 0.05) is 17.1 Å². The molecule has 0 radical (unpaired) electrons. The lowest BCUT2D eigenvalue weighted by Gasteiger charge is -2.14. The third-order valence-corrected chi connectivity index (χ3v) is 3.88. The van der Waals surface area contributed by atoms with Gasteiger partial charge in [0.25, 0.3) is 11.5 Å². The Morgan fingerprint density at radius 1 is 1.11 bits per heavy atom. The van der Waals surface area contributed by atoms with E-state index < -0.39 is 23.5 Å². The largest absolute Gasteiger partial charge is 0.497 e. The number of amides is 1. The summed E-state index contributed by atoms with van der Waals surface area (Å²) in [5, 5.41) is 9.33. The quantitative estimate of drug-likeness (QED) is 0.668. The van der Waals surface area contributed by atoms with Crippen LogP contribution < -0.4 is 15.6 Å². The molecule has 3 aromatic rings. The molecule has 0 aliphatic heterocycles. The standard InChI is InChI=1S/C19H17N3O5/c1-11(17(23)20-12-6-5-7-13(10-12)26-2)27-19(25)16-14-8-3-4-9-15(14)18(24)22-21-16/h3-11H,1-2H3,(H,20,23)(H,22,24)/t11-/m0/s1. The van der Waals surface area contributed by atoms with Gasteiger partial charge >= 0.3 is 5.97 Å². The molecule has 8 heteroatoms. The Hall–Kier alpha value is -3.68. The summed E-state index contributed by atoms with van der Waals surface area (Å²) in [6.07, 6.45) is -1.07. The molecule has 0 spiro atoms. The van der Waals surface area contributed by atoms with Crippen LogP contribution >= 0.6 is 0 Å². The summed E-state index contributed by atoms with van der Waals surface area (Å²) in [5.41, 5.74) is 0.0343. The number of hydrogen-bond acceptors (Lipinski definition) is 6. The van der Waals surface area contributed by atoms with Crippen LogP contribution in [0, 0.1) is 0 Å². The second kappa shape index (κ2) is 7.69. The molecule has 0 bridgehead atoms. The highest BCUT2D eigenvalue weighted by molar-refractivity contribution is 6.03. The fraction of sp³-hybridized carbons (Fsp3) is 0.158. The van der Waals surface area contributed by atoms with Crippen LogP contribution in [0.1, 0.15) is 17.4 Å². The lowest BCUT2D eigenvalue weighted by atomic mass is 10.1. The maximum absolute atomic E-state index is 12.4. The van der Waals surface area contributed by atoms with Crippen LogP contribution in [0.4, 0.5) is 5.69 Å². The fourth-order valence-corrected chi connectivity index (χ4v) is 2.48. The SMILES string of the molecule is COc1cccc(NC(=O)[C@H](C)OC(=O)c2n[nH]c(=O)c3ccccc23)c1. The Labute approximate surface area is 154 Å². The number of esters is 1. The molecule has 2 N–H and O–H groups in total. The van der Waals surface area contributed by atoms with Gasteiger partial charge in [-0.2, -0.15) is 5.10 Å². The molecule has 138 valence electrons. The van der Waals surface area contributed by atoms with Gasteiger partial charge < -0.3 is 14.8 Å². The molecule has 0 saturated carbocycles. The average Bonchev–Trinajstić information content (AvgIpc) is 2.68. The molecule has 8 nitrogen and oxygen atoms in total. The highest BCUT2D eigenvalue weighted by Crippen LogP contribution is 2.18. The fourth-order valence-electron chi connectivity index (χ4n) is 2.48. The molecule has 0 fully saturated rings. The molecule has 0 saturated heterocycles. The van der Waals surface area contributed by atoms with Gasteiger partial charge in [-0.05, 0) is 25.1 Å². The van der Waals surface area contributed by atoms with E-state index in [0.717, 1.165) is 0 Å².